The number of carbonyl (C=O) groups is 1. The van der Waals surface area contributed by atoms with E-state index in [2.05, 4.69) is 11.8 Å². The molecule has 0 fully saturated rings. The maximum atomic E-state index is 11.0. The molecule has 64 valence electrons. The third-order valence-corrected chi connectivity index (χ3v) is 1.42. The molecule has 1 rings (SSSR count). The molecule has 0 heterocycles. The molecule has 0 aliphatic rings. The van der Waals surface area contributed by atoms with E-state index >= 15 is 0 Å². The van der Waals surface area contributed by atoms with Crippen molar-refractivity contribution < 1.29 is 4.79 Å². The van der Waals surface area contributed by atoms with Crippen LogP contribution in [0.3, 0.4) is 0 Å². The quantitative estimate of drug-likeness (QED) is 0.466. The van der Waals surface area contributed by atoms with Gasteiger partial charge in [-0.15, -0.1) is 0 Å². The molecule has 0 amide bonds. The topological polar surface area (TPSA) is 17.1 Å². The zero-order chi connectivity index (χ0) is 9.52. The molecule has 0 aliphatic heterocycles. The first-order valence-corrected chi connectivity index (χ1v) is 4.06. The molecule has 13 heavy (non-hydrogen) atoms. The first kappa shape index (κ1) is 9.28. The van der Waals surface area contributed by atoms with Crippen molar-refractivity contribution in [2.45, 2.75) is 6.92 Å². The number of allylic oxidation sites excluding steroid dienone is 2. The number of rotatable bonds is 1. The molecule has 1 nitrogen and oxygen atoms in total. The summed E-state index contributed by atoms with van der Waals surface area (Å²) in [6.45, 7) is 1.79. The molecule has 1 heteroatoms. The lowest BCUT2D eigenvalue weighted by molar-refractivity contribution is -0.109. The number of benzene rings is 1. The summed E-state index contributed by atoms with van der Waals surface area (Å²) in [4.78, 5) is 11.0. The molecule has 0 bridgehead atoms. The van der Waals surface area contributed by atoms with Crippen LogP contribution >= 0.6 is 0 Å². The first-order valence-electron chi connectivity index (χ1n) is 4.06. The van der Waals surface area contributed by atoms with Gasteiger partial charge < -0.3 is 0 Å². The Morgan fingerprint density at radius 3 is 2.62 bits per heavy atom. The van der Waals surface area contributed by atoms with Gasteiger partial charge in [-0.3, -0.25) is 4.79 Å². The summed E-state index contributed by atoms with van der Waals surface area (Å²) in [7, 11) is 0. The van der Waals surface area contributed by atoms with Crippen LogP contribution in [0, 0.1) is 11.8 Å². The van der Waals surface area contributed by atoms with E-state index in [0.717, 1.165) is 5.56 Å². The predicted molar refractivity (Wildman–Crippen MR) is 53.1 cm³/mol. The number of hydrogen-bond donors (Lipinski definition) is 0. The maximum Gasteiger partial charge on any atom is 0.228 e. The Bertz CT molecular complexity index is 363. The van der Waals surface area contributed by atoms with Crippen molar-refractivity contribution in [1.29, 1.82) is 0 Å². The molecule has 0 radical (unpaired) electrons. The molecule has 1 aromatic carbocycles. The van der Waals surface area contributed by atoms with Gasteiger partial charge in [0.2, 0.25) is 5.78 Å². The minimum atomic E-state index is -0.161. The van der Waals surface area contributed by atoms with Crippen molar-refractivity contribution in [2.75, 3.05) is 0 Å². The summed E-state index contributed by atoms with van der Waals surface area (Å²) in [5.74, 6) is 5.14. The molecular formula is C12H10O. The second kappa shape index (κ2) is 4.95. The average molecular weight is 170 g/mol. The van der Waals surface area contributed by atoms with E-state index in [1.807, 2.05) is 30.3 Å². The van der Waals surface area contributed by atoms with Crippen molar-refractivity contribution in [2.24, 2.45) is 0 Å². The summed E-state index contributed by atoms with van der Waals surface area (Å²) in [5.41, 5.74) is 0.861. The third kappa shape index (κ3) is 3.39. The van der Waals surface area contributed by atoms with Gasteiger partial charge in [-0.25, -0.2) is 0 Å². The van der Waals surface area contributed by atoms with Crippen LogP contribution in [0.1, 0.15) is 12.5 Å². The lowest BCUT2D eigenvalue weighted by Gasteiger charge is -1.84. The van der Waals surface area contributed by atoms with Gasteiger partial charge in [0.05, 0.1) is 0 Å². The zero-order valence-corrected chi connectivity index (χ0v) is 7.45. The highest BCUT2D eigenvalue weighted by Crippen LogP contribution is 1.94. The second-order valence-electron chi connectivity index (χ2n) is 2.48. The monoisotopic (exact) mass is 170 g/mol. The second-order valence-corrected chi connectivity index (χ2v) is 2.48. The first-order chi connectivity index (χ1) is 6.33. The Morgan fingerprint density at radius 2 is 2.00 bits per heavy atom. The van der Waals surface area contributed by atoms with Crippen molar-refractivity contribution in [3.05, 3.63) is 48.0 Å². The number of ketones is 1. The Morgan fingerprint density at radius 1 is 1.31 bits per heavy atom. The summed E-state index contributed by atoms with van der Waals surface area (Å²) in [6, 6.07) is 9.44. The maximum absolute atomic E-state index is 11.0. The van der Waals surface area contributed by atoms with Gasteiger partial charge in [0.15, 0.2) is 0 Å². The Balaban J connectivity index is 2.73. The fourth-order valence-electron chi connectivity index (χ4n) is 0.848. The highest BCUT2D eigenvalue weighted by atomic mass is 16.1. The molecule has 0 aliphatic carbocycles. The van der Waals surface area contributed by atoms with E-state index in [-0.39, 0.29) is 5.78 Å². The van der Waals surface area contributed by atoms with Crippen LogP contribution in [0.25, 0.3) is 0 Å². The van der Waals surface area contributed by atoms with E-state index in [9.17, 15) is 4.79 Å². The predicted octanol–water partition coefficient (Wildman–Crippen LogP) is 2.18. The number of carbonyl (C=O) groups excluding carboxylic acids is 1. The van der Waals surface area contributed by atoms with Crippen molar-refractivity contribution >= 4 is 5.78 Å². The van der Waals surface area contributed by atoms with Crippen molar-refractivity contribution in [1.82, 2.24) is 0 Å². The van der Waals surface area contributed by atoms with Crippen LogP contribution in [0.2, 0.25) is 0 Å². The Hall–Kier alpha value is -1.81. The minimum absolute atomic E-state index is 0.161. The molecule has 0 N–H and O–H groups in total. The molecule has 1 aromatic rings. The lowest BCUT2D eigenvalue weighted by atomic mass is 10.2. The molecule has 0 saturated heterocycles. The number of hydrogen-bond acceptors (Lipinski definition) is 1. The highest BCUT2D eigenvalue weighted by molar-refractivity contribution is 6.04. The van der Waals surface area contributed by atoms with Gasteiger partial charge >= 0.3 is 0 Å². The molecule has 0 atom stereocenters. The highest BCUT2D eigenvalue weighted by Gasteiger charge is 1.86. The largest absolute Gasteiger partial charge is 0.280 e. The fraction of sp³-hybridized carbons (Fsp3) is 0.0833. The van der Waals surface area contributed by atoms with Crippen LogP contribution in [-0.4, -0.2) is 5.78 Å². The van der Waals surface area contributed by atoms with Crippen molar-refractivity contribution in [3.63, 3.8) is 0 Å². The van der Waals surface area contributed by atoms with Crippen LogP contribution in [0.5, 0.6) is 0 Å². The summed E-state index contributed by atoms with van der Waals surface area (Å²) in [6.07, 6.45) is 3.14. The Labute approximate surface area is 78.1 Å². The molecular weight excluding hydrogens is 160 g/mol. The standard InChI is InChI=1S/C12H10O/c1-2-6-12(13)10-9-11-7-4-3-5-8-11/h2-8H,1H3/b6-2+. The van der Waals surface area contributed by atoms with Crippen LogP contribution in [0.4, 0.5) is 0 Å². The van der Waals surface area contributed by atoms with Gasteiger partial charge in [0.1, 0.15) is 0 Å². The molecule has 0 saturated carbocycles. The molecule has 0 spiro atoms. The van der Waals surface area contributed by atoms with Crippen LogP contribution < -0.4 is 0 Å². The summed E-state index contributed by atoms with van der Waals surface area (Å²) in [5, 5.41) is 0. The van der Waals surface area contributed by atoms with E-state index < -0.39 is 0 Å². The van der Waals surface area contributed by atoms with Gasteiger partial charge in [0.25, 0.3) is 0 Å². The Kier molecular flexibility index (Phi) is 3.53. The van der Waals surface area contributed by atoms with Crippen LogP contribution in [0.15, 0.2) is 42.5 Å². The fourth-order valence-corrected chi connectivity index (χ4v) is 0.848. The van der Waals surface area contributed by atoms with E-state index in [1.54, 1.807) is 13.0 Å². The smallest absolute Gasteiger partial charge is 0.228 e. The van der Waals surface area contributed by atoms with Crippen LogP contribution in [-0.2, 0) is 4.79 Å². The van der Waals surface area contributed by atoms with E-state index in [4.69, 9.17) is 0 Å². The lowest BCUT2D eigenvalue weighted by Crippen LogP contribution is -1.84. The van der Waals surface area contributed by atoms with Crippen molar-refractivity contribution in [3.8, 4) is 11.8 Å². The van der Waals surface area contributed by atoms with Gasteiger partial charge in [-0.05, 0) is 31.1 Å². The minimum Gasteiger partial charge on any atom is -0.280 e. The van der Waals surface area contributed by atoms with E-state index in [0.29, 0.717) is 0 Å². The molecule has 0 aromatic heterocycles. The zero-order valence-electron chi connectivity index (χ0n) is 7.45. The average Bonchev–Trinajstić information content (AvgIpc) is 2.17. The third-order valence-electron chi connectivity index (χ3n) is 1.42. The normalized spacial score (nSPS) is 9.31. The SMILES string of the molecule is C/C=C/C(=O)C#Cc1ccccc1. The summed E-state index contributed by atoms with van der Waals surface area (Å²) >= 11 is 0. The van der Waals surface area contributed by atoms with Gasteiger partial charge in [0, 0.05) is 5.56 Å². The summed E-state index contributed by atoms with van der Waals surface area (Å²) < 4.78 is 0. The van der Waals surface area contributed by atoms with Gasteiger partial charge in [-0.1, -0.05) is 30.2 Å². The van der Waals surface area contributed by atoms with Gasteiger partial charge in [-0.2, -0.15) is 0 Å². The van der Waals surface area contributed by atoms with E-state index in [1.165, 1.54) is 6.08 Å². The molecule has 0 unspecified atom stereocenters.